The number of non-ortho nitro benzene ring substituents is 1. The number of carbonyl (C=O) groups excluding carboxylic acids is 1. The first kappa shape index (κ1) is 17.2. The number of nitrogens with one attached hydrogen (secondary N) is 1. The Labute approximate surface area is 152 Å². The highest BCUT2D eigenvalue weighted by Gasteiger charge is 2.24. The highest BCUT2D eigenvalue weighted by Crippen LogP contribution is 2.37. The fraction of sp³-hybridized carbons (Fsp3) is 0.235. The number of amides is 1. The van der Waals surface area contributed by atoms with E-state index in [4.69, 9.17) is 9.47 Å². The van der Waals surface area contributed by atoms with Crippen LogP contribution in [0.2, 0.25) is 0 Å². The third-order valence-electron chi connectivity index (χ3n) is 3.76. The monoisotopic (exact) mass is 406 g/mol. The number of nitro groups is 1. The van der Waals surface area contributed by atoms with Gasteiger partial charge >= 0.3 is 0 Å². The Balaban J connectivity index is 1.62. The number of para-hydroxylation sites is 1. The summed E-state index contributed by atoms with van der Waals surface area (Å²) in [6.07, 6.45) is 0.659. The molecule has 3 rings (SSSR count). The van der Waals surface area contributed by atoms with Crippen molar-refractivity contribution in [1.29, 1.82) is 0 Å². The number of nitrogens with zero attached hydrogens (tertiary/aromatic N) is 1. The molecule has 0 saturated heterocycles. The van der Waals surface area contributed by atoms with Crippen LogP contribution in [0.5, 0.6) is 11.5 Å². The zero-order valence-electron chi connectivity index (χ0n) is 13.1. The maximum absolute atomic E-state index is 12.2. The number of halogens is 1. The normalized spacial score (nSPS) is 15.6. The van der Waals surface area contributed by atoms with E-state index in [0.717, 1.165) is 15.8 Å². The number of benzene rings is 2. The highest BCUT2D eigenvalue weighted by atomic mass is 79.9. The van der Waals surface area contributed by atoms with Crippen LogP contribution in [-0.4, -0.2) is 24.0 Å². The van der Waals surface area contributed by atoms with Crippen LogP contribution in [0.25, 0.3) is 0 Å². The Kier molecular flexibility index (Phi) is 5.18. The minimum absolute atomic E-state index is 0.0823. The van der Waals surface area contributed by atoms with Crippen LogP contribution in [0.1, 0.15) is 18.0 Å². The first-order valence-electron chi connectivity index (χ1n) is 7.62. The summed E-state index contributed by atoms with van der Waals surface area (Å²) in [5.74, 6) is 0.711. The maximum Gasteiger partial charge on any atom is 0.273 e. The molecule has 1 aliphatic heterocycles. The van der Waals surface area contributed by atoms with E-state index in [1.807, 2.05) is 18.2 Å². The number of nitro benzene ring substituents is 1. The van der Waals surface area contributed by atoms with Crippen LogP contribution >= 0.6 is 15.9 Å². The minimum atomic E-state index is -0.510. The molecule has 1 unspecified atom stereocenters. The zero-order valence-corrected chi connectivity index (χ0v) is 14.7. The molecule has 25 heavy (non-hydrogen) atoms. The number of hydrogen-bond acceptors (Lipinski definition) is 5. The Hall–Kier alpha value is -2.61. The fourth-order valence-corrected chi connectivity index (χ4v) is 3.10. The molecule has 0 radical (unpaired) electrons. The molecule has 0 aliphatic carbocycles. The van der Waals surface area contributed by atoms with Crippen LogP contribution in [0.15, 0.2) is 46.9 Å². The molecule has 0 saturated carbocycles. The van der Waals surface area contributed by atoms with E-state index in [1.165, 1.54) is 18.2 Å². The lowest BCUT2D eigenvalue weighted by Gasteiger charge is -2.27. The summed E-state index contributed by atoms with van der Waals surface area (Å²) in [6, 6.07) is 11.2. The van der Waals surface area contributed by atoms with E-state index >= 15 is 0 Å². The summed E-state index contributed by atoms with van der Waals surface area (Å²) in [4.78, 5) is 22.4. The summed E-state index contributed by atoms with van der Waals surface area (Å²) < 4.78 is 11.8. The molecule has 7 nitrogen and oxygen atoms in total. The second-order valence-corrected chi connectivity index (χ2v) is 6.31. The molecule has 1 heterocycles. The van der Waals surface area contributed by atoms with Gasteiger partial charge in [0.25, 0.3) is 11.6 Å². The number of carbonyl (C=O) groups is 1. The van der Waals surface area contributed by atoms with Crippen LogP contribution in [0, 0.1) is 10.1 Å². The lowest BCUT2D eigenvalue weighted by atomic mass is 10.0. The molecule has 0 fully saturated rings. The Morgan fingerprint density at radius 2 is 2.16 bits per heavy atom. The highest BCUT2D eigenvalue weighted by molar-refractivity contribution is 9.10. The third-order valence-corrected chi connectivity index (χ3v) is 4.38. The minimum Gasteiger partial charge on any atom is -0.492 e. The predicted octanol–water partition coefficient (Wildman–Crippen LogP) is 3.38. The average molecular weight is 407 g/mol. The van der Waals surface area contributed by atoms with Crippen LogP contribution < -0.4 is 14.8 Å². The van der Waals surface area contributed by atoms with Crippen molar-refractivity contribution in [1.82, 2.24) is 5.32 Å². The van der Waals surface area contributed by atoms with Crippen molar-refractivity contribution < 1.29 is 19.2 Å². The van der Waals surface area contributed by atoms with Gasteiger partial charge in [-0.3, -0.25) is 14.9 Å². The Bertz CT molecular complexity index is 811. The molecule has 0 spiro atoms. The molecule has 0 aromatic heterocycles. The third kappa shape index (κ3) is 4.08. The molecular weight excluding hydrogens is 392 g/mol. The van der Waals surface area contributed by atoms with Crippen LogP contribution in [-0.2, 0) is 4.79 Å². The largest absolute Gasteiger partial charge is 0.492 e. The lowest BCUT2D eigenvalue weighted by molar-refractivity contribution is -0.384. The van der Waals surface area contributed by atoms with Crippen LogP contribution in [0.3, 0.4) is 0 Å². The fourth-order valence-electron chi connectivity index (χ4n) is 2.61. The summed E-state index contributed by atoms with van der Waals surface area (Å²) >= 11 is 3.44. The van der Waals surface area contributed by atoms with Crippen molar-refractivity contribution in [2.75, 3.05) is 13.2 Å². The summed E-state index contributed by atoms with van der Waals surface area (Å²) in [6.45, 7) is 0.286. The Morgan fingerprint density at radius 3 is 2.96 bits per heavy atom. The van der Waals surface area contributed by atoms with Gasteiger partial charge in [0.15, 0.2) is 6.61 Å². The van der Waals surface area contributed by atoms with Crippen molar-refractivity contribution in [3.05, 3.63) is 62.6 Å². The molecular formula is C17H15BrN2O5. The van der Waals surface area contributed by atoms with Crippen molar-refractivity contribution in [3.63, 3.8) is 0 Å². The smallest absolute Gasteiger partial charge is 0.273 e. The second kappa shape index (κ2) is 7.52. The van der Waals surface area contributed by atoms with Gasteiger partial charge < -0.3 is 14.8 Å². The molecule has 1 N–H and O–H groups in total. The molecule has 130 valence electrons. The maximum atomic E-state index is 12.2. The molecule has 8 heteroatoms. The number of rotatable bonds is 5. The quantitative estimate of drug-likeness (QED) is 0.606. The first-order valence-corrected chi connectivity index (χ1v) is 8.41. The van der Waals surface area contributed by atoms with Gasteiger partial charge in [0.1, 0.15) is 11.5 Å². The van der Waals surface area contributed by atoms with Gasteiger partial charge in [-0.15, -0.1) is 0 Å². The van der Waals surface area contributed by atoms with Crippen molar-refractivity contribution in [2.24, 2.45) is 0 Å². The van der Waals surface area contributed by atoms with E-state index in [9.17, 15) is 14.9 Å². The molecule has 1 atom stereocenters. The van der Waals surface area contributed by atoms with Crippen molar-refractivity contribution >= 4 is 27.5 Å². The summed E-state index contributed by atoms with van der Waals surface area (Å²) in [7, 11) is 0. The molecule has 2 aromatic carbocycles. The van der Waals surface area contributed by atoms with Gasteiger partial charge in [-0.25, -0.2) is 0 Å². The van der Waals surface area contributed by atoms with Gasteiger partial charge in [0, 0.05) is 18.1 Å². The summed E-state index contributed by atoms with van der Waals surface area (Å²) in [5, 5.41) is 13.7. The topological polar surface area (TPSA) is 90.7 Å². The van der Waals surface area contributed by atoms with Gasteiger partial charge in [-0.05, 0) is 28.1 Å². The van der Waals surface area contributed by atoms with Gasteiger partial charge in [0.2, 0.25) is 0 Å². The lowest BCUT2D eigenvalue weighted by Crippen LogP contribution is -2.35. The number of fused-ring (bicyclic) bond motifs is 1. The summed E-state index contributed by atoms with van der Waals surface area (Å²) in [5.41, 5.74) is 0.824. The SMILES string of the molecule is O=C(COc1cccc([N+](=O)[O-])c1)NC1CCOc2c(Br)cccc21. The standard InChI is InChI=1S/C17H15BrN2O5/c18-14-6-2-5-13-15(7-8-24-17(13)14)19-16(21)10-25-12-4-1-3-11(9-12)20(22)23/h1-6,9,15H,7-8,10H2,(H,19,21). The number of ether oxygens (including phenoxy) is 2. The van der Waals surface area contributed by atoms with E-state index in [1.54, 1.807) is 6.07 Å². The van der Waals surface area contributed by atoms with Gasteiger partial charge in [0.05, 0.1) is 28.1 Å². The van der Waals surface area contributed by atoms with Crippen molar-refractivity contribution in [2.45, 2.75) is 12.5 Å². The van der Waals surface area contributed by atoms with E-state index in [-0.39, 0.29) is 30.0 Å². The number of hydrogen-bond donors (Lipinski definition) is 1. The first-order chi connectivity index (χ1) is 12.0. The molecule has 1 amide bonds. The predicted molar refractivity (Wildman–Crippen MR) is 93.7 cm³/mol. The van der Waals surface area contributed by atoms with Gasteiger partial charge in [-0.2, -0.15) is 0 Å². The van der Waals surface area contributed by atoms with E-state index in [2.05, 4.69) is 21.2 Å². The Morgan fingerprint density at radius 1 is 1.36 bits per heavy atom. The van der Waals surface area contributed by atoms with Crippen LogP contribution in [0.4, 0.5) is 5.69 Å². The van der Waals surface area contributed by atoms with Crippen molar-refractivity contribution in [3.8, 4) is 11.5 Å². The van der Waals surface area contributed by atoms with E-state index < -0.39 is 4.92 Å². The van der Waals surface area contributed by atoms with Gasteiger partial charge in [-0.1, -0.05) is 18.2 Å². The second-order valence-electron chi connectivity index (χ2n) is 5.46. The zero-order chi connectivity index (χ0) is 17.8. The molecule has 2 aromatic rings. The molecule has 1 aliphatic rings. The van der Waals surface area contributed by atoms with E-state index in [0.29, 0.717) is 13.0 Å². The average Bonchev–Trinajstić information content (AvgIpc) is 2.61. The molecule has 0 bridgehead atoms.